The van der Waals surface area contributed by atoms with E-state index >= 15 is 0 Å². The zero-order valence-corrected chi connectivity index (χ0v) is 11.3. The number of hydrogen-bond donors (Lipinski definition) is 2. The SMILES string of the molecule is CSc1ccc(C)c(C(=O)Nc2n[nH]c(C)n2)c1. The molecule has 0 fully saturated rings. The summed E-state index contributed by atoms with van der Waals surface area (Å²) in [6.07, 6.45) is 1.98. The highest BCUT2D eigenvalue weighted by Gasteiger charge is 2.12. The Hall–Kier alpha value is -1.82. The first-order chi connectivity index (χ1) is 8.60. The number of nitrogens with one attached hydrogen (secondary N) is 2. The van der Waals surface area contributed by atoms with E-state index in [4.69, 9.17) is 0 Å². The second kappa shape index (κ2) is 5.22. The maximum absolute atomic E-state index is 12.1. The summed E-state index contributed by atoms with van der Waals surface area (Å²) in [6.45, 7) is 3.69. The lowest BCUT2D eigenvalue weighted by atomic mass is 10.1. The number of rotatable bonds is 3. The molecule has 0 aliphatic carbocycles. The number of carbonyl (C=O) groups is 1. The number of amides is 1. The summed E-state index contributed by atoms with van der Waals surface area (Å²) in [5.74, 6) is 0.772. The van der Waals surface area contributed by atoms with Gasteiger partial charge in [0.2, 0.25) is 5.95 Å². The molecule has 94 valence electrons. The van der Waals surface area contributed by atoms with Crippen LogP contribution >= 0.6 is 11.8 Å². The molecule has 0 saturated heterocycles. The molecular formula is C12H14N4OS. The average molecular weight is 262 g/mol. The van der Waals surface area contributed by atoms with Crippen molar-refractivity contribution in [2.45, 2.75) is 18.7 Å². The lowest BCUT2D eigenvalue weighted by Gasteiger charge is -2.06. The van der Waals surface area contributed by atoms with Crippen molar-refractivity contribution in [2.24, 2.45) is 0 Å². The third kappa shape index (κ3) is 2.70. The van der Waals surface area contributed by atoms with Gasteiger partial charge in [0.15, 0.2) is 0 Å². The smallest absolute Gasteiger partial charge is 0.258 e. The predicted octanol–water partition coefficient (Wildman–Crippen LogP) is 2.40. The Labute approximate surface area is 109 Å². The van der Waals surface area contributed by atoms with Crippen LogP contribution in [0.15, 0.2) is 23.1 Å². The Morgan fingerprint density at radius 1 is 1.39 bits per heavy atom. The van der Waals surface area contributed by atoms with Gasteiger partial charge in [0.05, 0.1) is 0 Å². The van der Waals surface area contributed by atoms with E-state index in [1.165, 1.54) is 0 Å². The second-order valence-electron chi connectivity index (χ2n) is 3.88. The molecule has 6 heteroatoms. The summed E-state index contributed by atoms with van der Waals surface area (Å²) in [6, 6.07) is 5.80. The van der Waals surface area contributed by atoms with Crippen molar-refractivity contribution in [3.8, 4) is 0 Å². The van der Waals surface area contributed by atoms with E-state index in [1.54, 1.807) is 18.7 Å². The van der Waals surface area contributed by atoms with Gasteiger partial charge in [0.1, 0.15) is 5.82 Å². The quantitative estimate of drug-likeness (QED) is 0.833. The molecule has 0 atom stereocenters. The van der Waals surface area contributed by atoms with Gasteiger partial charge < -0.3 is 0 Å². The van der Waals surface area contributed by atoms with Gasteiger partial charge in [0, 0.05) is 10.5 Å². The van der Waals surface area contributed by atoms with Crippen LogP contribution < -0.4 is 5.32 Å². The molecule has 0 saturated carbocycles. The van der Waals surface area contributed by atoms with Gasteiger partial charge in [0.25, 0.3) is 5.91 Å². The van der Waals surface area contributed by atoms with E-state index in [0.29, 0.717) is 17.3 Å². The van der Waals surface area contributed by atoms with Crippen LogP contribution in [0.1, 0.15) is 21.7 Å². The molecule has 1 aromatic carbocycles. The van der Waals surface area contributed by atoms with E-state index < -0.39 is 0 Å². The van der Waals surface area contributed by atoms with Gasteiger partial charge in [-0.05, 0) is 37.8 Å². The highest BCUT2D eigenvalue weighted by atomic mass is 32.2. The van der Waals surface area contributed by atoms with Gasteiger partial charge in [-0.2, -0.15) is 4.98 Å². The molecule has 0 unspecified atom stereocenters. The van der Waals surface area contributed by atoms with Crippen molar-refractivity contribution in [2.75, 3.05) is 11.6 Å². The molecule has 18 heavy (non-hydrogen) atoms. The number of thioether (sulfide) groups is 1. The molecule has 2 aromatic rings. The van der Waals surface area contributed by atoms with Crippen molar-refractivity contribution < 1.29 is 4.79 Å². The maximum Gasteiger partial charge on any atom is 0.258 e. The normalized spacial score (nSPS) is 10.4. The molecule has 5 nitrogen and oxygen atoms in total. The summed E-state index contributed by atoms with van der Waals surface area (Å²) in [4.78, 5) is 17.2. The molecule has 0 bridgehead atoms. The average Bonchev–Trinajstić information content (AvgIpc) is 2.75. The topological polar surface area (TPSA) is 70.7 Å². The monoisotopic (exact) mass is 262 g/mol. The minimum atomic E-state index is -0.192. The first-order valence-corrected chi connectivity index (χ1v) is 6.67. The Morgan fingerprint density at radius 2 is 2.17 bits per heavy atom. The summed E-state index contributed by atoms with van der Waals surface area (Å²) >= 11 is 1.60. The first kappa shape index (κ1) is 12.6. The highest BCUT2D eigenvalue weighted by Crippen LogP contribution is 2.19. The first-order valence-electron chi connectivity index (χ1n) is 5.45. The molecule has 0 aliphatic heterocycles. The van der Waals surface area contributed by atoms with E-state index in [9.17, 15) is 4.79 Å². The molecule has 2 rings (SSSR count). The van der Waals surface area contributed by atoms with Crippen LogP contribution in [0.3, 0.4) is 0 Å². The second-order valence-corrected chi connectivity index (χ2v) is 4.76. The van der Waals surface area contributed by atoms with E-state index in [2.05, 4.69) is 20.5 Å². The number of H-pyrrole nitrogens is 1. The Bertz CT molecular complexity index is 579. The molecule has 0 radical (unpaired) electrons. The number of aryl methyl sites for hydroxylation is 2. The Kier molecular flexibility index (Phi) is 3.66. The Morgan fingerprint density at radius 3 is 2.78 bits per heavy atom. The zero-order chi connectivity index (χ0) is 13.1. The van der Waals surface area contributed by atoms with Crippen molar-refractivity contribution in [3.05, 3.63) is 35.2 Å². The number of carbonyl (C=O) groups excluding carboxylic acids is 1. The van der Waals surface area contributed by atoms with E-state index in [-0.39, 0.29) is 5.91 Å². The summed E-state index contributed by atoms with van der Waals surface area (Å²) in [5, 5.41) is 9.23. The maximum atomic E-state index is 12.1. The van der Waals surface area contributed by atoms with Crippen LogP contribution in [-0.2, 0) is 0 Å². The summed E-state index contributed by atoms with van der Waals surface area (Å²) < 4.78 is 0. The van der Waals surface area contributed by atoms with Crippen LogP contribution in [0.25, 0.3) is 0 Å². The fourth-order valence-corrected chi connectivity index (χ4v) is 1.98. The number of anilines is 1. The van der Waals surface area contributed by atoms with Crippen LogP contribution in [0.4, 0.5) is 5.95 Å². The molecule has 0 aliphatic rings. The number of nitrogens with zero attached hydrogens (tertiary/aromatic N) is 2. The fraction of sp³-hybridized carbons (Fsp3) is 0.250. The zero-order valence-electron chi connectivity index (χ0n) is 10.4. The van der Waals surface area contributed by atoms with Crippen LogP contribution in [0.5, 0.6) is 0 Å². The lowest BCUT2D eigenvalue weighted by molar-refractivity contribution is 0.102. The van der Waals surface area contributed by atoms with Crippen molar-refractivity contribution in [1.82, 2.24) is 15.2 Å². The molecule has 1 heterocycles. The standard InChI is InChI=1S/C12H14N4OS/c1-7-4-5-9(18-3)6-10(7)11(17)14-12-13-8(2)15-16-12/h4-6H,1-3H3,(H2,13,14,15,16,17). The van der Waals surface area contributed by atoms with Gasteiger partial charge in [-0.1, -0.05) is 6.07 Å². The number of benzene rings is 1. The molecular weight excluding hydrogens is 248 g/mol. The third-order valence-electron chi connectivity index (χ3n) is 2.51. The van der Waals surface area contributed by atoms with Gasteiger partial charge in [-0.3, -0.25) is 15.2 Å². The van der Waals surface area contributed by atoms with E-state index in [1.807, 2.05) is 31.4 Å². The fourth-order valence-electron chi connectivity index (χ4n) is 1.54. The van der Waals surface area contributed by atoms with Crippen molar-refractivity contribution in [1.29, 1.82) is 0 Å². The number of aromatic amines is 1. The third-order valence-corrected chi connectivity index (χ3v) is 3.24. The van der Waals surface area contributed by atoms with Crippen molar-refractivity contribution >= 4 is 23.6 Å². The van der Waals surface area contributed by atoms with Gasteiger partial charge in [-0.15, -0.1) is 16.9 Å². The Balaban J connectivity index is 2.23. The largest absolute Gasteiger partial charge is 0.289 e. The number of aromatic nitrogens is 3. The molecule has 0 spiro atoms. The molecule has 2 N–H and O–H groups in total. The molecule has 1 amide bonds. The van der Waals surface area contributed by atoms with Crippen molar-refractivity contribution in [3.63, 3.8) is 0 Å². The minimum Gasteiger partial charge on any atom is -0.289 e. The van der Waals surface area contributed by atoms with E-state index in [0.717, 1.165) is 10.5 Å². The summed E-state index contributed by atoms with van der Waals surface area (Å²) in [7, 11) is 0. The van der Waals surface area contributed by atoms with Crippen LogP contribution in [-0.4, -0.2) is 27.3 Å². The number of hydrogen-bond acceptors (Lipinski definition) is 4. The minimum absolute atomic E-state index is 0.192. The lowest BCUT2D eigenvalue weighted by Crippen LogP contribution is -2.14. The summed E-state index contributed by atoms with van der Waals surface area (Å²) in [5.41, 5.74) is 1.57. The van der Waals surface area contributed by atoms with Crippen LogP contribution in [0, 0.1) is 13.8 Å². The predicted molar refractivity (Wildman–Crippen MR) is 72.0 cm³/mol. The highest BCUT2D eigenvalue weighted by molar-refractivity contribution is 7.98. The van der Waals surface area contributed by atoms with Gasteiger partial charge in [-0.25, -0.2) is 0 Å². The molecule has 1 aromatic heterocycles. The van der Waals surface area contributed by atoms with Crippen LogP contribution in [0.2, 0.25) is 0 Å². The van der Waals surface area contributed by atoms with Gasteiger partial charge >= 0.3 is 0 Å².